The third-order valence-electron chi connectivity index (χ3n) is 4.56. The summed E-state index contributed by atoms with van der Waals surface area (Å²) < 4.78 is 29.2. The highest BCUT2D eigenvalue weighted by molar-refractivity contribution is 5.33. The molecular formula is C19H19F2N3O. The van der Waals surface area contributed by atoms with Crippen LogP contribution in [0.25, 0.3) is 0 Å². The van der Waals surface area contributed by atoms with Gasteiger partial charge in [0, 0.05) is 17.5 Å². The number of halogens is 2. The monoisotopic (exact) mass is 343 g/mol. The average molecular weight is 343 g/mol. The van der Waals surface area contributed by atoms with E-state index in [2.05, 4.69) is 10.1 Å². The van der Waals surface area contributed by atoms with E-state index in [1.807, 2.05) is 38.1 Å². The van der Waals surface area contributed by atoms with Gasteiger partial charge < -0.3 is 5.11 Å². The number of aryl methyl sites for hydroxylation is 1. The quantitative estimate of drug-likeness (QED) is 0.771. The number of aliphatic hydroxyl groups is 1. The molecule has 0 spiro atoms. The summed E-state index contributed by atoms with van der Waals surface area (Å²) in [6.07, 6.45) is 2.80. The molecule has 0 aliphatic heterocycles. The minimum absolute atomic E-state index is 0.00933. The van der Waals surface area contributed by atoms with E-state index in [9.17, 15) is 13.9 Å². The van der Waals surface area contributed by atoms with Crippen molar-refractivity contribution < 1.29 is 13.9 Å². The predicted molar refractivity (Wildman–Crippen MR) is 89.9 cm³/mol. The van der Waals surface area contributed by atoms with E-state index >= 15 is 0 Å². The van der Waals surface area contributed by atoms with Gasteiger partial charge in [0.1, 0.15) is 29.9 Å². The zero-order valence-corrected chi connectivity index (χ0v) is 14.0. The Hall–Kier alpha value is -2.60. The van der Waals surface area contributed by atoms with Crippen LogP contribution >= 0.6 is 0 Å². The van der Waals surface area contributed by atoms with Gasteiger partial charge in [-0.05, 0) is 18.6 Å². The molecule has 0 unspecified atom stereocenters. The highest BCUT2D eigenvalue weighted by Crippen LogP contribution is 2.39. The van der Waals surface area contributed by atoms with Crippen LogP contribution in [-0.4, -0.2) is 19.9 Å². The molecule has 6 heteroatoms. The van der Waals surface area contributed by atoms with E-state index < -0.39 is 23.2 Å². The molecule has 0 saturated carbocycles. The smallest absolute Gasteiger partial charge is 0.137 e. The molecule has 3 rings (SSSR count). The van der Waals surface area contributed by atoms with Crippen molar-refractivity contribution in [1.82, 2.24) is 14.8 Å². The third-order valence-corrected chi connectivity index (χ3v) is 4.56. The van der Waals surface area contributed by atoms with Gasteiger partial charge in [-0.1, -0.05) is 42.8 Å². The second kappa shape index (κ2) is 6.72. The van der Waals surface area contributed by atoms with Crippen molar-refractivity contribution in [2.75, 3.05) is 0 Å². The standard InChI is InChI=1S/C19H19F2N3O/c1-13-3-5-15(6-4-13)14(2)19(25,10-24-12-22-11-23-24)17-8-7-16(20)9-18(17)21/h3-9,11-12,14,25H,10H2,1-2H3/t14-,19+/m0/s1. The number of aromatic nitrogens is 3. The summed E-state index contributed by atoms with van der Waals surface area (Å²) in [5.74, 6) is -1.94. The average Bonchev–Trinajstić information content (AvgIpc) is 3.07. The molecule has 0 aliphatic carbocycles. The highest BCUT2D eigenvalue weighted by atomic mass is 19.1. The summed E-state index contributed by atoms with van der Waals surface area (Å²) in [5, 5.41) is 15.5. The minimum Gasteiger partial charge on any atom is -0.382 e. The molecule has 1 heterocycles. The van der Waals surface area contributed by atoms with Gasteiger partial charge >= 0.3 is 0 Å². The van der Waals surface area contributed by atoms with Crippen LogP contribution in [-0.2, 0) is 12.1 Å². The van der Waals surface area contributed by atoms with Crippen molar-refractivity contribution in [2.45, 2.75) is 31.9 Å². The molecule has 3 aromatic rings. The number of nitrogens with zero attached hydrogens (tertiary/aromatic N) is 3. The molecule has 0 amide bonds. The fraction of sp³-hybridized carbons (Fsp3) is 0.263. The van der Waals surface area contributed by atoms with Gasteiger partial charge in [-0.25, -0.2) is 18.4 Å². The maximum atomic E-state index is 14.5. The summed E-state index contributed by atoms with van der Waals surface area (Å²) in [5.41, 5.74) is 0.332. The van der Waals surface area contributed by atoms with Crippen molar-refractivity contribution in [3.8, 4) is 0 Å². The van der Waals surface area contributed by atoms with Crippen molar-refractivity contribution >= 4 is 0 Å². The van der Waals surface area contributed by atoms with Crippen LogP contribution in [0.15, 0.2) is 55.1 Å². The molecule has 0 fully saturated rings. The largest absolute Gasteiger partial charge is 0.382 e. The fourth-order valence-corrected chi connectivity index (χ4v) is 2.99. The van der Waals surface area contributed by atoms with E-state index in [-0.39, 0.29) is 12.1 Å². The van der Waals surface area contributed by atoms with Crippen LogP contribution in [0.1, 0.15) is 29.5 Å². The van der Waals surface area contributed by atoms with Gasteiger partial charge in [-0.2, -0.15) is 5.10 Å². The van der Waals surface area contributed by atoms with E-state index in [1.165, 1.54) is 23.4 Å². The first kappa shape index (κ1) is 17.2. The van der Waals surface area contributed by atoms with E-state index in [0.29, 0.717) is 0 Å². The third kappa shape index (κ3) is 3.44. The van der Waals surface area contributed by atoms with Gasteiger partial charge in [0.05, 0.1) is 6.54 Å². The van der Waals surface area contributed by atoms with Gasteiger partial charge in [0.15, 0.2) is 0 Å². The molecular weight excluding hydrogens is 324 g/mol. The summed E-state index contributed by atoms with van der Waals surface area (Å²) in [7, 11) is 0. The second-order valence-electron chi connectivity index (χ2n) is 6.27. The number of rotatable bonds is 5. The van der Waals surface area contributed by atoms with E-state index in [4.69, 9.17) is 0 Å². The highest BCUT2D eigenvalue weighted by Gasteiger charge is 2.39. The summed E-state index contributed by atoms with van der Waals surface area (Å²) >= 11 is 0. The SMILES string of the molecule is Cc1ccc([C@H](C)[C@](O)(Cn2cncn2)c2ccc(F)cc2F)cc1. The first-order chi connectivity index (χ1) is 11.9. The van der Waals surface area contributed by atoms with Gasteiger partial charge in [0.2, 0.25) is 0 Å². The van der Waals surface area contributed by atoms with Gasteiger partial charge in [-0.15, -0.1) is 0 Å². The fourth-order valence-electron chi connectivity index (χ4n) is 2.99. The Morgan fingerprint density at radius 3 is 2.48 bits per heavy atom. The lowest BCUT2D eigenvalue weighted by molar-refractivity contribution is -0.0112. The number of hydrogen-bond acceptors (Lipinski definition) is 3. The maximum absolute atomic E-state index is 14.5. The molecule has 1 aromatic heterocycles. The van der Waals surface area contributed by atoms with Crippen molar-refractivity contribution in [3.05, 3.63) is 83.4 Å². The Morgan fingerprint density at radius 2 is 1.88 bits per heavy atom. The Morgan fingerprint density at radius 1 is 1.16 bits per heavy atom. The van der Waals surface area contributed by atoms with Gasteiger partial charge in [0.25, 0.3) is 0 Å². The van der Waals surface area contributed by atoms with Crippen LogP contribution in [0.3, 0.4) is 0 Å². The van der Waals surface area contributed by atoms with Crippen LogP contribution in [0.5, 0.6) is 0 Å². The van der Waals surface area contributed by atoms with E-state index in [0.717, 1.165) is 23.3 Å². The molecule has 0 saturated heterocycles. The summed E-state index contributed by atoms with van der Waals surface area (Å²) in [6.45, 7) is 3.77. The van der Waals surface area contributed by atoms with Crippen LogP contribution < -0.4 is 0 Å². The lowest BCUT2D eigenvalue weighted by Crippen LogP contribution is -2.38. The Kier molecular flexibility index (Phi) is 4.63. The maximum Gasteiger partial charge on any atom is 0.137 e. The van der Waals surface area contributed by atoms with Crippen LogP contribution in [0.2, 0.25) is 0 Å². The zero-order chi connectivity index (χ0) is 18.0. The number of hydrogen-bond donors (Lipinski definition) is 1. The number of benzene rings is 2. The molecule has 25 heavy (non-hydrogen) atoms. The molecule has 2 aromatic carbocycles. The molecule has 0 aliphatic rings. The van der Waals surface area contributed by atoms with Gasteiger partial charge in [-0.3, -0.25) is 0 Å². The lowest BCUT2D eigenvalue weighted by Gasteiger charge is -2.35. The first-order valence-corrected chi connectivity index (χ1v) is 7.97. The van der Waals surface area contributed by atoms with Crippen molar-refractivity contribution in [1.29, 1.82) is 0 Å². The van der Waals surface area contributed by atoms with Crippen molar-refractivity contribution in [3.63, 3.8) is 0 Å². The molecule has 130 valence electrons. The Balaban J connectivity index is 2.09. The normalized spacial score (nSPS) is 14.9. The van der Waals surface area contributed by atoms with Crippen LogP contribution in [0, 0.1) is 18.6 Å². The molecule has 1 N–H and O–H groups in total. The topological polar surface area (TPSA) is 50.9 Å². The zero-order valence-electron chi connectivity index (χ0n) is 14.0. The molecule has 2 atom stereocenters. The van der Waals surface area contributed by atoms with E-state index in [1.54, 1.807) is 0 Å². The Bertz CT molecular complexity index is 850. The predicted octanol–water partition coefficient (Wildman–Crippen LogP) is 3.56. The second-order valence-corrected chi connectivity index (χ2v) is 6.27. The molecule has 4 nitrogen and oxygen atoms in total. The minimum atomic E-state index is -1.62. The van der Waals surface area contributed by atoms with Crippen LogP contribution in [0.4, 0.5) is 8.78 Å². The lowest BCUT2D eigenvalue weighted by atomic mass is 9.78. The Labute approximate surface area is 144 Å². The molecule has 0 radical (unpaired) electrons. The first-order valence-electron chi connectivity index (χ1n) is 7.97. The van der Waals surface area contributed by atoms with Crippen molar-refractivity contribution in [2.24, 2.45) is 0 Å². The summed E-state index contributed by atoms with van der Waals surface area (Å²) in [4.78, 5) is 3.87. The summed E-state index contributed by atoms with van der Waals surface area (Å²) in [6, 6.07) is 10.9. The molecule has 0 bridgehead atoms.